The second-order valence-electron chi connectivity index (χ2n) is 4.51. The number of aliphatic carboxylic acids is 1. The average molecular weight is 332 g/mol. The number of anilines is 1. The van der Waals surface area contributed by atoms with Crippen molar-refractivity contribution in [3.05, 3.63) is 0 Å². The molecule has 0 unspecified atom stereocenters. The van der Waals surface area contributed by atoms with E-state index >= 15 is 0 Å². The molecule has 118 valence electrons. The maximum absolute atomic E-state index is 11.8. The van der Waals surface area contributed by atoms with Crippen molar-refractivity contribution in [2.24, 2.45) is 0 Å². The van der Waals surface area contributed by atoms with Crippen molar-refractivity contribution in [3.8, 4) is 0 Å². The Balaban J connectivity index is 2.29. The summed E-state index contributed by atoms with van der Waals surface area (Å²) < 4.78 is 4.15. The molecule has 1 aromatic heterocycles. The zero-order valence-electron chi connectivity index (χ0n) is 12.2. The molecule has 0 bridgehead atoms. The lowest BCUT2D eigenvalue weighted by Crippen LogP contribution is -2.31. The van der Waals surface area contributed by atoms with E-state index in [-0.39, 0.29) is 18.9 Å². The highest BCUT2D eigenvalue weighted by molar-refractivity contribution is 7.99. The number of likely N-dealkylation sites (N-methyl/N-ethyl adjacent to an activating group) is 1. The molecular weight excluding hydrogens is 312 g/mol. The molecule has 1 rings (SSSR count). The minimum Gasteiger partial charge on any atom is -0.481 e. The number of hydrogen-bond acceptors (Lipinski definition) is 7. The fourth-order valence-corrected chi connectivity index (χ4v) is 2.91. The maximum atomic E-state index is 11.8. The van der Waals surface area contributed by atoms with E-state index in [9.17, 15) is 9.59 Å². The molecule has 1 heterocycles. The largest absolute Gasteiger partial charge is 0.481 e. The van der Waals surface area contributed by atoms with Gasteiger partial charge in [0.1, 0.15) is 0 Å². The van der Waals surface area contributed by atoms with Crippen molar-refractivity contribution in [1.29, 1.82) is 0 Å². The van der Waals surface area contributed by atoms with Gasteiger partial charge in [-0.1, -0.05) is 18.7 Å². The number of amides is 1. The minimum atomic E-state index is -0.821. The summed E-state index contributed by atoms with van der Waals surface area (Å²) >= 11 is 2.73. The third kappa shape index (κ3) is 7.98. The number of carboxylic acids is 1. The quantitative estimate of drug-likeness (QED) is 0.630. The number of carbonyl (C=O) groups is 2. The Morgan fingerprint density at radius 2 is 2.24 bits per heavy atom. The van der Waals surface area contributed by atoms with Crippen LogP contribution in [0.3, 0.4) is 0 Å². The third-order valence-corrected chi connectivity index (χ3v) is 4.23. The van der Waals surface area contributed by atoms with Crippen LogP contribution in [-0.2, 0) is 9.59 Å². The van der Waals surface area contributed by atoms with Gasteiger partial charge >= 0.3 is 5.97 Å². The van der Waals surface area contributed by atoms with Crippen molar-refractivity contribution in [2.75, 3.05) is 31.2 Å². The summed E-state index contributed by atoms with van der Waals surface area (Å²) in [5, 5.41) is 12.4. The Bertz CT molecular complexity index is 467. The van der Waals surface area contributed by atoms with Crippen LogP contribution in [0.4, 0.5) is 5.13 Å². The Hall–Kier alpha value is -1.19. The van der Waals surface area contributed by atoms with Gasteiger partial charge < -0.3 is 5.11 Å². The molecule has 0 spiro atoms. The van der Waals surface area contributed by atoms with Crippen molar-refractivity contribution in [3.63, 3.8) is 0 Å². The summed E-state index contributed by atoms with van der Waals surface area (Å²) in [5.41, 5.74) is 0. The van der Waals surface area contributed by atoms with Crippen LogP contribution in [0.2, 0.25) is 0 Å². The molecule has 0 aliphatic rings. The number of nitrogens with one attached hydrogen (secondary N) is 1. The van der Waals surface area contributed by atoms with E-state index in [0.29, 0.717) is 23.3 Å². The van der Waals surface area contributed by atoms with E-state index in [0.717, 1.165) is 12.2 Å². The van der Waals surface area contributed by atoms with E-state index < -0.39 is 5.97 Å². The Labute approximate surface area is 132 Å². The molecule has 0 atom stereocenters. The lowest BCUT2D eigenvalue weighted by molar-refractivity contribution is -0.137. The Morgan fingerprint density at radius 1 is 1.48 bits per heavy atom. The fraction of sp³-hybridized carbons (Fsp3) is 0.667. The van der Waals surface area contributed by atoms with Gasteiger partial charge in [0.25, 0.3) is 0 Å². The molecular formula is C12H20N4O3S2. The van der Waals surface area contributed by atoms with Crippen LogP contribution in [0.5, 0.6) is 0 Å². The van der Waals surface area contributed by atoms with E-state index in [1.807, 2.05) is 0 Å². The van der Waals surface area contributed by atoms with Gasteiger partial charge in [0.05, 0.1) is 6.54 Å². The topological polar surface area (TPSA) is 95.4 Å². The van der Waals surface area contributed by atoms with Crippen LogP contribution in [0.1, 0.15) is 26.2 Å². The van der Waals surface area contributed by atoms with Crippen LogP contribution in [0.25, 0.3) is 0 Å². The molecule has 21 heavy (non-hydrogen) atoms. The molecule has 2 N–H and O–H groups in total. The summed E-state index contributed by atoms with van der Waals surface area (Å²) in [6.07, 6.45) is 1.68. The number of nitrogens with zero attached hydrogens (tertiary/aromatic N) is 3. The van der Waals surface area contributed by atoms with Gasteiger partial charge in [0.15, 0.2) is 0 Å². The number of aromatic nitrogens is 2. The molecule has 0 aliphatic heterocycles. The molecule has 9 heteroatoms. The lowest BCUT2D eigenvalue weighted by atomic mass is 10.3. The summed E-state index contributed by atoms with van der Waals surface area (Å²) in [6.45, 7) is 2.85. The molecule has 0 aliphatic carbocycles. The first-order valence-electron chi connectivity index (χ1n) is 6.68. The predicted molar refractivity (Wildman–Crippen MR) is 83.9 cm³/mol. The highest BCUT2D eigenvalue weighted by atomic mass is 32.2. The summed E-state index contributed by atoms with van der Waals surface area (Å²) in [5.74, 6) is -0.0361. The van der Waals surface area contributed by atoms with Crippen LogP contribution in [0, 0.1) is 0 Å². The first kappa shape index (κ1) is 17.9. The van der Waals surface area contributed by atoms with E-state index in [1.165, 1.54) is 11.5 Å². The second kappa shape index (κ2) is 9.69. The molecule has 7 nitrogen and oxygen atoms in total. The Morgan fingerprint density at radius 3 is 2.90 bits per heavy atom. The first-order chi connectivity index (χ1) is 10.0. The zero-order chi connectivity index (χ0) is 15.7. The second-order valence-corrected chi connectivity index (χ2v) is 6.33. The van der Waals surface area contributed by atoms with Crippen molar-refractivity contribution < 1.29 is 14.7 Å². The van der Waals surface area contributed by atoms with Gasteiger partial charge in [-0.05, 0) is 26.4 Å². The standard InChI is InChI=1S/C12H20N4O3S2/c1-3-7-20-12-14-11(21-15-12)13-9(17)8-16(2)6-4-5-10(18)19/h3-8H2,1-2H3,(H,18,19)(H,13,14,15,17). The van der Waals surface area contributed by atoms with E-state index in [1.54, 1.807) is 23.7 Å². The van der Waals surface area contributed by atoms with Gasteiger partial charge in [-0.15, -0.1) is 0 Å². The SMILES string of the molecule is CCCSc1nsc(NC(=O)CN(C)CCCC(=O)O)n1. The molecule has 1 aromatic rings. The first-order valence-corrected chi connectivity index (χ1v) is 8.44. The molecule has 0 saturated carbocycles. The van der Waals surface area contributed by atoms with Gasteiger partial charge in [-0.25, -0.2) is 0 Å². The van der Waals surface area contributed by atoms with Crippen molar-refractivity contribution >= 4 is 40.3 Å². The molecule has 0 fully saturated rings. The number of thioether (sulfide) groups is 1. The normalized spacial score (nSPS) is 10.8. The van der Waals surface area contributed by atoms with Crippen molar-refractivity contribution in [1.82, 2.24) is 14.3 Å². The highest BCUT2D eigenvalue weighted by Gasteiger charge is 2.11. The predicted octanol–water partition coefficient (Wildman–Crippen LogP) is 1.78. The lowest BCUT2D eigenvalue weighted by Gasteiger charge is -2.14. The maximum Gasteiger partial charge on any atom is 0.303 e. The third-order valence-electron chi connectivity index (χ3n) is 2.43. The summed E-state index contributed by atoms with van der Waals surface area (Å²) in [4.78, 5) is 28.2. The minimum absolute atomic E-state index is 0.111. The van der Waals surface area contributed by atoms with E-state index in [2.05, 4.69) is 21.6 Å². The summed E-state index contributed by atoms with van der Waals surface area (Å²) in [7, 11) is 1.78. The monoisotopic (exact) mass is 332 g/mol. The van der Waals surface area contributed by atoms with Crippen LogP contribution in [0.15, 0.2) is 5.16 Å². The number of carboxylic acid groups (broad SMARTS) is 1. The average Bonchev–Trinajstić information content (AvgIpc) is 2.83. The number of rotatable bonds is 10. The van der Waals surface area contributed by atoms with Gasteiger partial charge in [0.2, 0.25) is 16.2 Å². The number of hydrogen-bond donors (Lipinski definition) is 2. The molecule has 0 saturated heterocycles. The van der Waals surface area contributed by atoms with Gasteiger partial charge in [-0.3, -0.25) is 19.8 Å². The summed E-state index contributed by atoms with van der Waals surface area (Å²) in [6, 6.07) is 0. The molecule has 0 radical (unpaired) electrons. The Kier molecular flexibility index (Phi) is 8.24. The molecule has 0 aromatic carbocycles. The van der Waals surface area contributed by atoms with Crippen molar-refractivity contribution in [2.45, 2.75) is 31.3 Å². The smallest absolute Gasteiger partial charge is 0.303 e. The zero-order valence-corrected chi connectivity index (χ0v) is 13.8. The highest BCUT2D eigenvalue weighted by Crippen LogP contribution is 2.20. The fourth-order valence-electron chi connectivity index (χ4n) is 1.50. The number of carbonyl (C=O) groups excluding carboxylic acids is 1. The van der Waals surface area contributed by atoms with Crippen LogP contribution in [-0.4, -0.2) is 57.1 Å². The van der Waals surface area contributed by atoms with Gasteiger partial charge in [-0.2, -0.15) is 9.36 Å². The van der Waals surface area contributed by atoms with Gasteiger partial charge in [0, 0.05) is 23.7 Å². The molecule has 1 amide bonds. The van der Waals surface area contributed by atoms with E-state index in [4.69, 9.17) is 5.11 Å². The van der Waals surface area contributed by atoms with Crippen LogP contribution < -0.4 is 5.32 Å². The van der Waals surface area contributed by atoms with Crippen LogP contribution >= 0.6 is 23.3 Å².